The molecule has 0 amide bonds. The molecule has 0 aliphatic rings. The molecule has 3 aromatic rings. The Morgan fingerprint density at radius 2 is 1.90 bits per heavy atom. The molecule has 104 valence electrons. The van der Waals surface area contributed by atoms with Crippen LogP contribution in [0.15, 0.2) is 24.4 Å². The summed E-state index contributed by atoms with van der Waals surface area (Å²) in [4.78, 5) is 6.85. The molecule has 0 saturated heterocycles. The predicted octanol–water partition coefficient (Wildman–Crippen LogP) is 4.93. The molecule has 3 rings (SSSR count). The third kappa shape index (κ3) is 2.64. The lowest BCUT2D eigenvalue weighted by molar-refractivity contribution is 0.991. The number of anilines is 1. The summed E-state index contributed by atoms with van der Waals surface area (Å²) in [6.45, 7) is 4.79. The fourth-order valence-corrected chi connectivity index (χ4v) is 3.58. The number of fused-ring (bicyclic) bond motifs is 1. The average molecular weight is 326 g/mol. The second-order valence-corrected chi connectivity index (χ2v) is 6.74. The second kappa shape index (κ2) is 5.28. The van der Waals surface area contributed by atoms with E-state index >= 15 is 0 Å². The summed E-state index contributed by atoms with van der Waals surface area (Å²) in [7, 11) is 0. The third-order valence-electron chi connectivity index (χ3n) is 3.06. The molecule has 0 bridgehead atoms. The zero-order valence-electron chi connectivity index (χ0n) is 11.1. The lowest BCUT2D eigenvalue weighted by Gasteiger charge is -2.07. The molecule has 20 heavy (non-hydrogen) atoms. The largest absolute Gasteiger partial charge is 0.379 e. The van der Waals surface area contributed by atoms with Crippen LogP contribution in [0.25, 0.3) is 4.96 Å². The van der Waals surface area contributed by atoms with Crippen molar-refractivity contribution in [3.63, 3.8) is 0 Å². The van der Waals surface area contributed by atoms with Gasteiger partial charge in [-0.15, -0.1) is 11.3 Å². The van der Waals surface area contributed by atoms with Crippen LogP contribution in [0.4, 0.5) is 5.69 Å². The molecule has 2 aromatic heterocycles. The Morgan fingerprint density at radius 1 is 1.20 bits per heavy atom. The molecule has 0 aliphatic heterocycles. The highest BCUT2D eigenvalue weighted by molar-refractivity contribution is 7.17. The number of benzene rings is 1. The van der Waals surface area contributed by atoms with Gasteiger partial charge in [0.05, 0.1) is 17.9 Å². The maximum absolute atomic E-state index is 6.00. The van der Waals surface area contributed by atoms with E-state index in [-0.39, 0.29) is 0 Å². The molecular formula is C14H13Cl2N3S. The predicted molar refractivity (Wildman–Crippen MR) is 86.3 cm³/mol. The molecule has 0 fully saturated rings. The summed E-state index contributed by atoms with van der Waals surface area (Å²) in [5.41, 5.74) is 3.10. The van der Waals surface area contributed by atoms with Crippen LogP contribution in [0.2, 0.25) is 10.0 Å². The first-order valence-corrected chi connectivity index (χ1v) is 7.74. The van der Waals surface area contributed by atoms with E-state index in [1.807, 2.05) is 19.1 Å². The number of imidazole rings is 1. The molecule has 0 spiro atoms. The topological polar surface area (TPSA) is 29.3 Å². The number of hydrogen-bond donors (Lipinski definition) is 1. The van der Waals surface area contributed by atoms with Crippen molar-refractivity contribution in [1.82, 2.24) is 9.38 Å². The summed E-state index contributed by atoms with van der Waals surface area (Å²) in [6.07, 6.45) is 2.11. The van der Waals surface area contributed by atoms with Gasteiger partial charge in [-0.05, 0) is 32.0 Å². The summed E-state index contributed by atoms with van der Waals surface area (Å²) in [5.74, 6) is 0. The van der Waals surface area contributed by atoms with E-state index in [1.54, 1.807) is 17.4 Å². The van der Waals surface area contributed by atoms with Gasteiger partial charge in [0.25, 0.3) is 0 Å². The third-order valence-corrected chi connectivity index (χ3v) is 4.40. The molecule has 0 atom stereocenters. The first-order chi connectivity index (χ1) is 9.52. The molecule has 0 unspecified atom stereocenters. The van der Waals surface area contributed by atoms with E-state index in [4.69, 9.17) is 23.2 Å². The zero-order chi connectivity index (χ0) is 14.3. The number of thiazole rings is 1. The molecule has 1 N–H and O–H groups in total. The van der Waals surface area contributed by atoms with E-state index < -0.39 is 0 Å². The van der Waals surface area contributed by atoms with Crippen molar-refractivity contribution in [2.75, 3.05) is 5.32 Å². The van der Waals surface area contributed by atoms with Crippen LogP contribution in [-0.4, -0.2) is 9.38 Å². The SMILES string of the molecule is Cc1cn2c(CNc3cc(Cl)cc(Cl)c3)c(C)nc2s1. The number of hydrogen-bond acceptors (Lipinski definition) is 3. The smallest absolute Gasteiger partial charge is 0.194 e. The highest BCUT2D eigenvalue weighted by Gasteiger charge is 2.10. The van der Waals surface area contributed by atoms with Crippen LogP contribution >= 0.6 is 34.5 Å². The summed E-state index contributed by atoms with van der Waals surface area (Å²) >= 11 is 13.7. The number of aromatic nitrogens is 2. The minimum atomic E-state index is 0.626. The quantitative estimate of drug-likeness (QED) is 0.739. The molecule has 1 aromatic carbocycles. The van der Waals surface area contributed by atoms with Crippen LogP contribution in [0.1, 0.15) is 16.3 Å². The Kier molecular flexibility index (Phi) is 3.63. The van der Waals surface area contributed by atoms with Crippen LogP contribution in [-0.2, 0) is 6.54 Å². The minimum absolute atomic E-state index is 0.626. The molecule has 2 heterocycles. The van der Waals surface area contributed by atoms with Gasteiger partial charge in [0, 0.05) is 26.8 Å². The van der Waals surface area contributed by atoms with Gasteiger partial charge in [0.1, 0.15) is 0 Å². The average Bonchev–Trinajstić information content (AvgIpc) is 2.81. The van der Waals surface area contributed by atoms with E-state index in [0.29, 0.717) is 16.6 Å². The van der Waals surface area contributed by atoms with Crippen molar-refractivity contribution in [3.05, 3.63) is 50.7 Å². The highest BCUT2D eigenvalue weighted by atomic mass is 35.5. The first-order valence-electron chi connectivity index (χ1n) is 6.17. The molecule has 0 radical (unpaired) electrons. The van der Waals surface area contributed by atoms with Crippen molar-refractivity contribution in [2.24, 2.45) is 0 Å². The molecule has 3 nitrogen and oxygen atoms in total. The fraction of sp³-hybridized carbons (Fsp3) is 0.214. The van der Waals surface area contributed by atoms with Crippen molar-refractivity contribution in [3.8, 4) is 0 Å². The van der Waals surface area contributed by atoms with Crippen molar-refractivity contribution < 1.29 is 0 Å². The number of nitrogens with one attached hydrogen (secondary N) is 1. The van der Waals surface area contributed by atoms with Crippen LogP contribution in [0.5, 0.6) is 0 Å². The molecule has 0 saturated carbocycles. The Balaban J connectivity index is 1.87. The van der Waals surface area contributed by atoms with Crippen LogP contribution in [0, 0.1) is 13.8 Å². The standard InChI is InChI=1S/C14H13Cl2N3S/c1-8-7-19-13(9(2)18-14(19)20-8)6-17-12-4-10(15)3-11(16)5-12/h3-5,7,17H,6H2,1-2H3. The molecule has 6 heteroatoms. The van der Waals surface area contributed by atoms with Crippen LogP contribution < -0.4 is 5.32 Å². The van der Waals surface area contributed by atoms with E-state index in [1.165, 1.54) is 4.88 Å². The minimum Gasteiger partial charge on any atom is -0.379 e. The van der Waals surface area contributed by atoms with Gasteiger partial charge in [-0.3, -0.25) is 4.40 Å². The maximum Gasteiger partial charge on any atom is 0.194 e. The lowest BCUT2D eigenvalue weighted by atomic mass is 10.3. The van der Waals surface area contributed by atoms with Gasteiger partial charge in [0.15, 0.2) is 4.96 Å². The summed E-state index contributed by atoms with van der Waals surface area (Å²) < 4.78 is 2.13. The zero-order valence-corrected chi connectivity index (χ0v) is 13.4. The van der Waals surface area contributed by atoms with E-state index in [2.05, 4.69) is 27.8 Å². The highest BCUT2D eigenvalue weighted by Crippen LogP contribution is 2.24. The van der Waals surface area contributed by atoms with Crippen molar-refractivity contribution in [2.45, 2.75) is 20.4 Å². The fourth-order valence-electron chi connectivity index (χ4n) is 2.16. The summed E-state index contributed by atoms with van der Waals surface area (Å²) in [5, 5.41) is 4.60. The molecule has 0 aliphatic carbocycles. The van der Waals surface area contributed by atoms with Crippen molar-refractivity contribution in [1.29, 1.82) is 0 Å². The van der Waals surface area contributed by atoms with Gasteiger partial charge < -0.3 is 5.32 Å². The van der Waals surface area contributed by atoms with Gasteiger partial charge in [-0.1, -0.05) is 23.2 Å². The first kappa shape index (κ1) is 13.7. The summed E-state index contributed by atoms with van der Waals surface area (Å²) in [6, 6.07) is 5.44. The number of aryl methyl sites for hydroxylation is 2. The van der Waals surface area contributed by atoms with Gasteiger partial charge in [-0.25, -0.2) is 4.98 Å². The number of halogens is 2. The van der Waals surface area contributed by atoms with Gasteiger partial charge >= 0.3 is 0 Å². The molecular weight excluding hydrogens is 313 g/mol. The Hall–Kier alpha value is -1.23. The number of nitrogens with zero attached hydrogens (tertiary/aromatic N) is 2. The van der Waals surface area contributed by atoms with Gasteiger partial charge in [-0.2, -0.15) is 0 Å². The maximum atomic E-state index is 6.00. The van der Waals surface area contributed by atoms with E-state index in [9.17, 15) is 0 Å². The van der Waals surface area contributed by atoms with Crippen molar-refractivity contribution >= 4 is 45.2 Å². The normalized spacial score (nSPS) is 11.2. The van der Waals surface area contributed by atoms with Crippen LogP contribution in [0.3, 0.4) is 0 Å². The second-order valence-electron chi connectivity index (χ2n) is 4.65. The Morgan fingerprint density at radius 3 is 2.60 bits per heavy atom. The lowest BCUT2D eigenvalue weighted by Crippen LogP contribution is -2.03. The van der Waals surface area contributed by atoms with E-state index in [0.717, 1.165) is 22.0 Å². The number of rotatable bonds is 3. The Bertz CT molecular complexity index is 756. The Labute approximate surface area is 131 Å². The monoisotopic (exact) mass is 325 g/mol. The van der Waals surface area contributed by atoms with Gasteiger partial charge in [0.2, 0.25) is 0 Å².